The molecule has 0 aliphatic carbocycles. The van der Waals surface area contributed by atoms with Gasteiger partial charge in [0.25, 0.3) is 0 Å². The van der Waals surface area contributed by atoms with Gasteiger partial charge >= 0.3 is 0 Å². The van der Waals surface area contributed by atoms with Crippen molar-refractivity contribution < 1.29 is 4.74 Å². The maximum Gasteiger partial charge on any atom is 0.0589 e. The molecular weight excluding hydrogens is 262 g/mol. The van der Waals surface area contributed by atoms with Gasteiger partial charge in [0.15, 0.2) is 0 Å². The van der Waals surface area contributed by atoms with Crippen molar-refractivity contribution in [2.24, 2.45) is 5.92 Å². The first-order valence-electron chi connectivity index (χ1n) is 8.81. The molecule has 0 atom stereocenters. The van der Waals surface area contributed by atoms with Crippen molar-refractivity contribution in [2.75, 3.05) is 59.5 Å². The Morgan fingerprint density at radius 1 is 1.05 bits per heavy atom. The number of methoxy groups -OCH3 is 1. The van der Waals surface area contributed by atoms with Gasteiger partial charge in [-0.3, -0.25) is 4.90 Å². The van der Waals surface area contributed by atoms with Crippen molar-refractivity contribution in [1.82, 2.24) is 15.1 Å². The van der Waals surface area contributed by atoms with Crippen LogP contribution in [0.3, 0.4) is 0 Å². The van der Waals surface area contributed by atoms with Crippen LogP contribution in [0.15, 0.2) is 0 Å². The van der Waals surface area contributed by atoms with E-state index in [4.69, 9.17) is 4.74 Å². The van der Waals surface area contributed by atoms with Crippen LogP contribution in [-0.2, 0) is 4.74 Å². The Balaban J connectivity index is 0.00000106. The second-order valence-electron chi connectivity index (χ2n) is 6.50. The molecule has 0 unspecified atom stereocenters. The van der Waals surface area contributed by atoms with E-state index in [-0.39, 0.29) is 0 Å². The highest BCUT2D eigenvalue weighted by Gasteiger charge is 2.37. The molecule has 0 spiro atoms. The van der Waals surface area contributed by atoms with Gasteiger partial charge in [0, 0.05) is 45.4 Å². The molecule has 0 bridgehead atoms. The Kier molecular flexibility index (Phi) is 8.79. The van der Waals surface area contributed by atoms with Crippen LogP contribution in [0.1, 0.15) is 40.5 Å². The van der Waals surface area contributed by atoms with Crippen LogP contribution in [0, 0.1) is 5.92 Å². The topological polar surface area (TPSA) is 27.7 Å². The number of piperazine rings is 1. The van der Waals surface area contributed by atoms with Crippen molar-refractivity contribution in [3.05, 3.63) is 0 Å². The molecule has 2 fully saturated rings. The lowest BCUT2D eigenvalue weighted by Gasteiger charge is -2.48. The number of hydrogen-bond acceptors (Lipinski definition) is 4. The Morgan fingerprint density at radius 2 is 1.62 bits per heavy atom. The third-order valence-corrected chi connectivity index (χ3v) is 5.13. The normalized spacial score (nSPS) is 22.7. The summed E-state index contributed by atoms with van der Waals surface area (Å²) in [6.07, 6.45) is 2.67. The molecule has 2 heterocycles. The molecule has 126 valence electrons. The predicted molar refractivity (Wildman–Crippen MR) is 90.9 cm³/mol. The largest absolute Gasteiger partial charge is 0.383 e. The highest BCUT2D eigenvalue weighted by Crippen LogP contribution is 2.32. The van der Waals surface area contributed by atoms with E-state index >= 15 is 0 Å². The molecule has 2 rings (SSSR count). The molecule has 4 nitrogen and oxygen atoms in total. The van der Waals surface area contributed by atoms with Crippen LogP contribution < -0.4 is 5.32 Å². The fourth-order valence-electron chi connectivity index (χ4n) is 3.58. The van der Waals surface area contributed by atoms with E-state index in [9.17, 15) is 0 Å². The molecule has 4 heteroatoms. The lowest BCUT2D eigenvalue weighted by atomic mass is 9.78. The van der Waals surface area contributed by atoms with Gasteiger partial charge in [-0.25, -0.2) is 0 Å². The van der Waals surface area contributed by atoms with Crippen molar-refractivity contribution in [3.8, 4) is 0 Å². The summed E-state index contributed by atoms with van der Waals surface area (Å²) in [5.41, 5.74) is 0.357. The fraction of sp³-hybridized carbons (Fsp3) is 1.00. The first-order chi connectivity index (χ1) is 10.1. The number of likely N-dealkylation sites (tertiary alicyclic amines) is 1. The number of nitrogens with one attached hydrogen (secondary N) is 1. The highest BCUT2D eigenvalue weighted by molar-refractivity contribution is 4.93. The number of nitrogens with zero attached hydrogens (tertiary/aromatic N) is 2. The van der Waals surface area contributed by atoms with Crippen LogP contribution in [0.5, 0.6) is 0 Å². The molecule has 0 aromatic heterocycles. The summed E-state index contributed by atoms with van der Waals surface area (Å²) in [5.74, 6) is 0.837. The highest BCUT2D eigenvalue weighted by atomic mass is 16.5. The van der Waals surface area contributed by atoms with Gasteiger partial charge in [0.1, 0.15) is 0 Å². The van der Waals surface area contributed by atoms with Crippen LogP contribution in [-0.4, -0.2) is 74.9 Å². The Labute approximate surface area is 132 Å². The number of piperidine rings is 1. The second-order valence-corrected chi connectivity index (χ2v) is 6.50. The molecule has 21 heavy (non-hydrogen) atoms. The quantitative estimate of drug-likeness (QED) is 0.841. The van der Waals surface area contributed by atoms with Gasteiger partial charge in [-0.1, -0.05) is 13.8 Å². The monoisotopic (exact) mass is 299 g/mol. The van der Waals surface area contributed by atoms with Crippen molar-refractivity contribution in [1.29, 1.82) is 0 Å². The lowest BCUT2D eigenvalue weighted by molar-refractivity contribution is 0.0150. The lowest BCUT2D eigenvalue weighted by Crippen LogP contribution is -2.58. The summed E-state index contributed by atoms with van der Waals surface area (Å²) < 4.78 is 5.18. The van der Waals surface area contributed by atoms with Crippen molar-refractivity contribution in [3.63, 3.8) is 0 Å². The van der Waals surface area contributed by atoms with E-state index in [1.165, 1.54) is 39.0 Å². The molecule has 2 aliphatic rings. The zero-order valence-electron chi connectivity index (χ0n) is 15.0. The van der Waals surface area contributed by atoms with Crippen molar-refractivity contribution >= 4 is 0 Å². The number of rotatable bonds is 5. The zero-order valence-corrected chi connectivity index (χ0v) is 15.0. The van der Waals surface area contributed by atoms with Crippen molar-refractivity contribution in [2.45, 2.75) is 46.1 Å². The van der Waals surface area contributed by atoms with Crippen LogP contribution in [0.2, 0.25) is 0 Å². The fourth-order valence-corrected chi connectivity index (χ4v) is 3.58. The van der Waals surface area contributed by atoms with E-state index in [1.54, 1.807) is 7.11 Å². The predicted octanol–water partition coefficient (Wildman–Crippen LogP) is 2.05. The molecule has 1 N–H and O–H groups in total. The molecular formula is C17H37N3O. The SMILES string of the molecule is CC.COCCN1CCC(C(C)(C)N2CCNCC2)CC1. The smallest absolute Gasteiger partial charge is 0.0589 e. The van der Waals surface area contributed by atoms with Crippen LogP contribution in [0.4, 0.5) is 0 Å². The minimum atomic E-state index is 0.357. The maximum atomic E-state index is 5.18. The standard InChI is InChI=1S/C15H31N3O.C2H6/c1-15(2,18-10-6-16-7-11-18)14-4-8-17(9-5-14)12-13-19-3;1-2/h14,16H,4-13H2,1-3H3;1-2H3. The molecule has 0 aromatic carbocycles. The minimum absolute atomic E-state index is 0.357. The van der Waals surface area contributed by atoms with Gasteiger partial charge in [-0.05, 0) is 45.7 Å². The van der Waals surface area contributed by atoms with Gasteiger partial charge < -0.3 is 15.0 Å². The van der Waals surface area contributed by atoms with Gasteiger partial charge in [-0.15, -0.1) is 0 Å². The van der Waals surface area contributed by atoms with E-state index in [0.29, 0.717) is 5.54 Å². The Hall–Kier alpha value is -0.160. The molecule has 0 amide bonds. The molecule has 2 aliphatic heterocycles. The average molecular weight is 300 g/mol. The average Bonchev–Trinajstić information content (AvgIpc) is 2.56. The molecule has 2 saturated heterocycles. The van der Waals surface area contributed by atoms with E-state index in [0.717, 1.165) is 32.2 Å². The van der Waals surface area contributed by atoms with E-state index in [1.807, 2.05) is 13.8 Å². The Morgan fingerprint density at radius 3 is 2.14 bits per heavy atom. The second kappa shape index (κ2) is 9.78. The van der Waals surface area contributed by atoms with Gasteiger partial charge in [-0.2, -0.15) is 0 Å². The number of hydrogen-bond donors (Lipinski definition) is 1. The zero-order chi connectivity index (χ0) is 15.7. The Bertz CT molecular complexity index is 257. The summed E-state index contributed by atoms with van der Waals surface area (Å²) in [5, 5.41) is 3.46. The first-order valence-corrected chi connectivity index (χ1v) is 8.81. The molecule has 0 radical (unpaired) electrons. The van der Waals surface area contributed by atoms with Crippen LogP contribution in [0.25, 0.3) is 0 Å². The summed E-state index contributed by atoms with van der Waals surface area (Å²) in [6.45, 7) is 18.1. The van der Waals surface area contributed by atoms with Gasteiger partial charge in [0.2, 0.25) is 0 Å². The minimum Gasteiger partial charge on any atom is -0.383 e. The van der Waals surface area contributed by atoms with E-state index in [2.05, 4.69) is 29.0 Å². The summed E-state index contributed by atoms with van der Waals surface area (Å²) in [4.78, 5) is 5.24. The summed E-state index contributed by atoms with van der Waals surface area (Å²) in [6, 6.07) is 0. The molecule has 0 saturated carbocycles. The maximum absolute atomic E-state index is 5.18. The van der Waals surface area contributed by atoms with E-state index < -0.39 is 0 Å². The summed E-state index contributed by atoms with van der Waals surface area (Å²) >= 11 is 0. The summed E-state index contributed by atoms with van der Waals surface area (Å²) in [7, 11) is 1.79. The first kappa shape index (κ1) is 18.9. The van der Waals surface area contributed by atoms with Gasteiger partial charge in [0.05, 0.1) is 6.61 Å². The third kappa shape index (κ3) is 5.51. The molecule has 0 aromatic rings. The van der Waals surface area contributed by atoms with Crippen LogP contribution >= 0.6 is 0 Å². The third-order valence-electron chi connectivity index (χ3n) is 5.13. The number of ether oxygens (including phenoxy) is 1.